The Labute approximate surface area is 151 Å². The summed E-state index contributed by atoms with van der Waals surface area (Å²) in [5, 5.41) is 4.85. The molecule has 26 heavy (non-hydrogen) atoms. The number of aromatic nitrogens is 1. The van der Waals surface area contributed by atoms with Crippen molar-refractivity contribution >= 4 is 21.7 Å². The lowest BCUT2D eigenvalue weighted by atomic mass is 10.2. The number of halogens is 3. The minimum Gasteiger partial charge on any atom is -0.369 e. The van der Waals surface area contributed by atoms with Crippen LogP contribution in [-0.4, -0.2) is 50.3 Å². The van der Waals surface area contributed by atoms with Gasteiger partial charge < -0.3 is 10.6 Å². The van der Waals surface area contributed by atoms with Gasteiger partial charge >= 0.3 is 6.18 Å². The summed E-state index contributed by atoms with van der Waals surface area (Å²) in [4.78, 5) is 14.5. The summed E-state index contributed by atoms with van der Waals surface area (Å²) < 4.78 is 66.0. The molecule has 0 fully saturated rings. The minimum absolute atomic E-state index is 0.0735. The number of hydrogen-bond donors (Lipinski definition) is 2. The van der Waals surface area contributed by atoms with Crippen LogP contribution in [0.5, 0.6) is 0 Å². The Bertz CT molecular complexity index is 736. The quantitative estimate of drug-likeness (QED) is 0.701. The van der Waals surface area contributed by atoms with E-state index in [1.807, 2.05) is 13.8 Å². The number of nitrogens with zero attached hydrogens (tertiary/aromatic N) is 2. The van der Waals surface area contributed by atoms with Crippen molar-refractivity contribution in [1.29, 1.82) is 0 Å². The van der Waals surface area contributed by atoms with E-state index in [0.29, 0.717) is 6.07 Å². The molecule has 0 bridgehead atoms. The Balaban J connectivity index is 3.33. The molecule has 0 aliphatic rings. The fraction of sp³-hybridized carbons (Fsp3) is 0.600. The zero-order valence-corrected chi connectivity index (χ0v) is 15.8. The number of pyridine rings is 1. The van der Waals surface area contributed by atoms with E-state index in [0.717, 1.165) is 10.5 Å². The first-order valence-electron chi connectivity index (χ1n) is 7.95. The molecule has 148 valence electrons. The number of anilines is 1. The van der Waals surface area contributed by atoms with Gasteiger partial charge in [0.2, 0.25) is 15.9 Å². The Morgan fingerprint density at radius 2 is 1.96 bits per heavy atom. The van der Waals surface area contributed by atoms with Gasteiger partial charge in [0.25, 0.3) is 0 Å². The van der Waals surface area contributed by atoms with Crippen LogP contribution in [0.4, 0.5) is 19.0 Å². The summed E-state index contributed by atoms with van der Waals surface area (Å²) in [7, 11) is -2.97. The maximum absolute atomic E-state index is 13.3. The number of sulfonamides is 1. The molecule has 0 saturated heterocycles. The van der Waals surface area contributed by atoms with Crippen molar-refractivity contribution in [2.75, 3.05) is 32.0 Å². The molecule has 0 saturated carbocycles. The predicted octanol–water partition coefficient (Wildman–Crippen LogP) is 1.92. The Morgan fingerprint density at radius 3 is 2.42 bits per heavy atom. The summed E-state index contributed by atoms with van der Waals surface area (Å²) in [5.74, 6) is -0.932. The van der Waals surface area contributed by atoms with E-state index in [1.54, 1.807) is 0 Å². The van der Waals surface area contributed by atoms with E-state index in [2.05, 4.69) is 15.6 Å². The average Bonchev–Trinajstić information content (AvgIpc) is 2.56. The third-order valence-electron chi connectivity index (χ3n) is 3.44. The van der Waals surface area contributed by atoms with Gasteiger partial charge in [-0.15, -0.1) is 0 Å². The van der Waals surface area contributed by atoms with Crippen molar-refractivity contribution in [2.45, 2.75) is 31.8 Å². The van der Waals surface area contributed by atoms with E-state index in [9.17, 15) is 26.4 Å². The minimum atomic E-state index is -4.78. The first kappa shape index (κ1) is 22.2. The summed E-state index contributed by atoms with van der Waals surface area (Å²) in [5.41, 5.74) is -1.17. The Morgan fingerprint density at radius 1 is 1.35 bits per heavy atom. The molecule has 11 heteroatoms. The number of alkyl halides is 3. The Hall–Kier alpha value is -1.88. The summed E-state index contributed by atoms with van der Waals surface area (Å²) >= 11 is 0. The van der Waals surface area contributed by atoms with Crippen LogP contribution in [-0.2, 0) is 21.0 Å². The molecule has 0 aromatic carbocycles. The van der Waals surface area contributed by atoms with E-state index in [-0.39, 0.29) is 19.0 Å². The molecule has 0 radical (unpaired) electrons. The van der Waals surface area contributed by atoms with Crippen LogP contribution < -0.4 is 10.6 Å². The van der Waals surface area contributed by atoms with Gasteiger partial charge in [0.15, 0.2) is 0 Å². The first-order chi connectivity index (χ1) is 11.9. The molecule has 1 heterocycles. The molecule has 0 aliphatic carbocycles. The highest BCUT2D eigenvalue weighted by molar-refractivity contribution is 7.89. The number of rotatable bonds is 8. The topological polar surface area (TPSA) is 91.4 Å². The maximum atomic E-state index is 13.3. The van der Waals surface area contributed by atoms with Crippen LogP contribution in [0.2, 0.25) is 0 Å². The fourth-order valence-electron chi connectivity index (χ4n) is 2.00. The standard InChI is InChI=1S/C15H23F3N4O3S/c1-5-22(9-13(23)19-4)26(24,25)11-6-12(15(16,17)18)14(21-8-11)20-7-10(2)3/h6,8,10H,5,7,9H2,1-4H3,(H,19,23)(H,20,21). The largest absolute Gasteiger partial charge is 0.419 e. The number of carbonyl (C=O) groups is 1. The van der Waals surface area contributed by atoms with Crippen LogP contribution in [0.1, 0.15) is 26.3 Å². The molecular weight excluding hydrogens is 373 g/mol. The highest BCUT2D eigenvalue weighted by Gasteiger charge is 2.37. The second kappa shape index (κ2) is 8.67. The van der Waals surface area contributed by atoms with Gasteiger partial charge in [0.1, 0.15) is 10.7 Å². The summed E-state index contributed by atoms with van der Waals surface area (Å²) in [6.45, 7) is 4.79. The third kappa shape index (κ3) is 5.56. The van der Waals surface area contributed by atoms with Gasteiger partial charge in [0, 0.05) is 26.3 Å². The second-order valence-corrected chi connectivity index (χ2v) is 7.88. The van der Waals surface area contributed by atoms with Crippen LogP contribution >= 0.6 is 0 Å². The smallest absolute Gasteiger partial charge is 0.369 e. The highest BCUT2D eigenvalue weighted by atomic mass is 32.2. The third-order valence-corrected chi connectivity index (χ3v) is 5.32. The van der Waals surface area contributed by atoms with Crippen molar-refractivity contribution in [2.24, 2.45) is 5.92 Å². The van der Waals surface area contributed by atoms with Crippen LogP contribution in [0.3, 0.4) is 0 Å². The zero-order chi connectivity index (χ0) is 20.1. The SMILES string of the molecule is CCN(CC(=O)NC)S(=O)(=O)c1cnc(NCC(C)C)c(C(F)(F)F)c1. The average molecular weight is 396 g/mol. The van der Waals surface area contributed by atoms with Gasteiger partial charge in [-0.25, -0.2) is 13.4 Å². The van der Waals surface area contributed by atoms with Gasteiger partial charge in [-0.2, -0.15) is 17.5 Å². The molecule has 1 rings (SSSR count). The molecule has 0 unspecified atom stereocenters. The molecule has 7 nitrogen and oxygen atoms in total. The van der Waals surface area contributed by atoms with Crippen LogP contribution in [0.25, 0.3) is 0 Å². The van der Waals surface area contributed by atoms with Crippen molar-refractivity contribution in [3.05, 3.63) is 17.8 Å². The van der Waals surface area contributed by atoms with Crippen LogP contribution in [0.15, 0.2) is 17.2 Å². The molecule has 1 amide bonds. The number of likely N-dealkylation sites (N-methyl/N-ethyl adjacent to an activating group) is 2. The number of nitrogens with one attached hydrogen (secondary N) is 2. The molecule has 1 aromatic rings. The normalized spacial score (nSPS) is 12.5. The molecule has 0 aliphatic heterocycles. The van der Waals surface area contributed by atoms with Crippen molar-refractivity contribution in [3.8, 4) is 0 Å². The molecule has 0 atom stereocenters. The van der Waals surface area contributed by atoms with Crippen molar-refractivity contribution in [3.63, 3.8) is 0 Å². The lowest BCUT2D eigenvalue weighted by Crippen LogP contribution is -2.39. The van der Waals surface area contributed by atoms with E-state index in [4.69, 9.17) is 0 Å². The first-order valence-corrected chi connectivity index (χ1v) is 9.39. The summed E-state index contributed by atoms with van der Waals surface area (Å²) in [6, 6.07) is 0.539. The number of amides is 1. The second-order valence-electron chi connectivity index (χ2n) is 5.94. The monoisotopic (exact) mass is 396 g/mol. The van der Waals surface area contributed by atoms with Gasteiger partial charge in [-0.3, -0.25) is 4.79 Å². The lowest BCUT2D eigenvalue weighted by molar-refractivity contribution is -0.137. The van der Waals surface area contributed by atoms with Crippen molar-refractivity contribution < 1.29 is 26.4 Å². The van der Waals surface area contributed by atoms with Gasteiger partial charge in [-0.1, -0.05) is 20.8 Å². The predicted molar refractivity (Wildman–Crippen MR) is 91.1 cm³/mol. The summed E-state index contributed by atoms with van der Waals surface area (Å²) in [6.07, 6.45) is -3.92. The molecule has 0 spiro atoms. The maximum Gasteiger partial charge on any atom is 0.419 e. The van der Waals surface area contributed by atoms with E-state index in [1.165, 1.54) is 14.0 Å². The molecular formula is C15H23F3N4O3S. The fourth-order valence-corrected chi connectivity index (χ4v) is 3.38. The van der Waals surface area contributed by atoms with Gasteiger partial charge in [-0.05, 0) is 12.0 Å². The van der Waals surface area contributed by atoms with Crippen molar-refractivity contribution in [1.82, 2.24) is 14.6 Å². The molecule has 1 aromatic heterocycles. The van der Waals surface area contributed by atoms with E-state index >= 15 is 0 Å². The molecule has 2 N–H and O–H groups in total. The highest BCUT2D eigenvalue weighted by Crippen LogP contribution is 2.35. The number of hydrogen-bond acceptors (Lipinski definition) is 5. The van der Waals surface area contributed by atoms with E-state index < -0.39 is 44.9 Å². The Kier molecular flexibility index (Phi) is 7.39. The number of carbonyl (C=O) groups excluding carboxylic acids is 1. The lowest BCUT2D eigenvalue weighted by Gasteiger charge is -2.21. The van der Waals surface area contributed by atoms with Crippen LogP contribution in [0, 0.1) is 5.92 Å². The zero-order valence-electron chi connectivity index (χ0n) is 15.0. The van der Waals surface area contributed by atoms with Gasteiger partial charge in [0.05, 0.1) is 12.1 Å².